The Hall–Kier alpha value is -1.67. The summed E-state index contributed by atoms with van der Waals surface area (Å²) in [4.78, 5) is 4.66. The van der Waals surface area contributed by atoms with Crippen LogP contribution in [0, 0.1) is 17.3 Å². The number of hydrogen-bond donors (Lipinski definition) is 1. The molecule has 2 aromatic rings. The molecule has 136 valence electrons. The lowest BCUT2D eigenvalue weighted by Crippen LogP contribution is -2.54. The second kappa shape index (κ2) is 6.20. The number of pyridine rings is 1. The summed E-state index contributed by atoms with van der Waals surface area (Å²) in [5, 5.41) is 0. The zero-order valence-corrected chi connectivity index (χ0v) is 15.7. The first-order valence-electron chi connectivity index (χ1n) is 10.4. The Morgan fingerprint density at radius 1 is 0.962 bits per heavy atom. The van der Waals surface area contributed by atoms with Crippen molar-refractivity contribution in [3.8, 4) is 0 Å². The fraction of sp³-hybridized carbons (Fsp3) is 0.542. The summed E-state index contributed by atoms with van der Waals surface area (Å²) in [5.74, 6) is 1.90. The molecule has 1 heterocycles. The van der Waals surface area contributed by atoms with E-state index in [1.54, 1.807) is 5.56 Å². The highest BCUT2D eigenvalue weighted by molar-refractivity contribution is 5.30. The molecule has 0 aliphatic heterocycles. The first kappa shape index (κ1) is 16.5. The van der Waals surface area contributed by atoms with Crippen LogP contribution in [0.15, 0.2) is 48.7 Å². The standard InChI is InChI=1S/C24H30N2/c25-15-18-6-7-22(26-16-18)8-9-23-11-19-10-20(12-23)14-24(13-19,17-23)21-4-2-1-3-5-21/h1-7,16,19-20H,8-15,17,25H2. The smallest absolute Gasteiger partial charge is 0.0404 e. The van der Waals surface area contributed by atoms with Crippen molar-refractivity contribution in [2.75, 3.05) is 0 Å². The molecule has 2 unspecified atom stereocenters. The maximum absolute atomic E-state index is 5.71. The summed E-state index contributed by atoms with van der Waals surface area (Å²) in [6.07, 6.45) is 13.0. The first-order valence-corrected chi connectivity index (χ1v) is 10.4. The normalized spacial score (nSPS) is 35.0. The minimum atomic E-state index is 0.460. The van der Waals surface area contributed by atoms with Crippen molar-refractivity contribution >= 4 is 0 Å². The molecule has 0 amide bonds. The van der Waals surface area contributed by atoms with Gasteiger partial charge in [0.1, 0.15) is 0 Å². The van der Waals surface area contributed by atoms with Crippen molar-refractivity contribution < 1.29 is 0 Å². The van der Waals surface area contributed by atoms with Gasteiger partial charge in [-0.1, -0.05) is 36.4 Å². The molecule has 4 fully saturated rings. The van der Waals surface area contributed by atoms with Crippen LogP contribution in [0.25, 0.3) is 0 Å². The topological polar surface area (TPSA) is 38.9 Å². The highest BCUT2D eigenvalue weighted by atomic mass is 14.7. The molecule has 0 radical (unpaired) electrons. The van der Waals surface area contributed by atoms with Crippen molar-refractivity contribution in [3.63, 3.8) is 0 Å². The summed E-state index contributed by atoms with van der Waals surface area (Å²) < 4.78 is 0. The number of rotatable bonds is 5. The first-order chi connectivity index (χ1) is 12.7. The predicted molar refractivity (Wildman–Crippen MR) is 106 cm³/mol. The van der Waals surface area contributed by atoms with Crippen LogP contribution in [-0.2, 0) is 18.4 Å². The molecule has 1 aromatic heterocycles. The summed E-state index contributed by atoms with van der Waals surface area (Å²) >= 11 is 0. The van der Waals surface area contributed by atoms with Crippen LogP contribution < -0.4 is 5.73 Å². The van der Waals surface area contributed by atoms with Crippen LogP contribution in [0.2, 0.25) is 0 Å². The van der Waals surface area contributed by atoms with Crippen LogP contribution >= 0.6 is 0 Å². The third-order valence-corrected chi connectivity index (χ3v) is 7.60. The Morgan fingerprint density at radius 3 is 2.38 bits per heavy atom. The zero-order valence-electron chi connectivity index (χ0n) is 15.7. The Balaban J connectivity index is 1.38. The van der Waals surface area contributed by atoms with Crippen LogP contribution in [0.1, 0.15) is 61.8 Å². The lowest BCUT2D eigenvalue weighted by molar-refractivity contribution is -0.0761. The Kier molecular flexibility index (Phi) is 3.93. The lowest BCUT2D eigenvalue weighted by atomic mass is 9.42. The molecule has 2 atom stereocenters. The molecule has 0 spiro atoms. The number of nitrogens with zero attached hydrogens (tertiary/aromatic N) is 1. The fourth-order valence-corrected chi connectivity index (χ4v) is 6.99. The van der Waals surface area contributed by atoms with Gasteiger partial charge in [0.25, 0.3) is 0 Å². The molecule has 0 saturated heterocycles. The van der Waals surface area contributed by atoms with Gasteiger partial charge in [0.05, 0.1) is 0 Å². The van der Waals surface area contributed by atoms with E-state index in [9.17, 15) is 0 Å². The third-order valence-electron chi connectivity index (χ3n) is 7.60. The number of nitrogens with two attached hydrogens (primary N) is 1. The molecule has 2 heteroatoms. The predicted octanol–water partition coefficient (Wildman–Crippen LogP) is 5.01. The van der Waals surface area contributed by atoms with Gasteiger partial charge in [-0.05, 0) is 91.2 Å². The van der Waals surface area contributed by atoms with Crippen molar-refractivity contribution in [1.29, 1.82) is 0 Å². The van der Waals surface area contributed by atoms with Crippen molar-refractivity contribution in [3.05, 3.63) is 65.5 Å². The summed E-state index contributed by atoms with van der Waals surface area (Å²) in [6, 6.07) is 15.8. The molecule has 4 aliphatic carbocycles. The van der Waals surface area contributed by atoms with Crippen LogP contribution in [0.5, 0.6) is 0 Å². The Labute approximate surface area is 157 Å². The summed E-state index contributed by atoms with van der Waals surface area (Å²) in [6.45, 7) is 0.584. The molecular formula is C24H30N2. The van der Waals surface area contributed by atoms with Crippen LogP contribution in [0.3, 0.4) is 0 Å². The second-order valence-corrected chi connectivity index (χ2v) is 9.47. The Bertz CT molecular complexity index is 751. The summed E-state index contributed by atoms with van der Waals surface area (Å²) in [7, 11) is 0. The van der Waals surface area contributed by atoms with E-state index in [0.29, 0.717) is 17.4 Å². The van der Waals surface area contributed by atoms with Crippen LogP contribution in [0.4, 0.5) is 0 Å². The lowest BCUT2D eigenvalue weighted by Gasteiger charge is -2.63. The van der Waals surface area contributed by atoms with E-state index in [4.69, 9.17) is 5.73 Å². The molecule has 2 N–H and O–H groups in total. The van der Waals surface area contributed by atoms with Crippen molar-refractivity contribution in [1.82, 2.24) is 4.98 Å². The highest BCUT2D eigenvalue weighted by Gasteiger charge is 2.57. The van der Waals surface area contributed by atoms with E-state index < -0.39 is 0 Å². The molecule has 4 aliphatic rings. The van der Waals surface area contributed by atoms with E-state index in [0.717, 1.165) is 23.8 Å². The van der Waals surface area contributed by atoms with Gasteiger partial charge in [0, 0.05) is 18.4 Å². The van der Waals surface area contributed by atoms with E-state index in [-0.39, 0.29) is 0 Å². The average Bonchev–Trinajstić information content (AvgIpc) is 2.67. The number of aryl methyl sites for hydroxylation is 1. The van der Waals surface area contributed by atoms with Gasteiger partial charge in [-0.3, -0.25) is 4.98 Å². The minimum Gasteiger partial charge on any atom is -0.326 e. The zero-order chi connectivity index (χ0) is 17.6. The van der Waals surface area contributed by atoms with Crippen molar-refractivity contribution in [2.24, 2.45) is 23.0 Å². The molecule has 1 aromatic carbocycles. The fourth-order valence-electron chi connectivity index (χ4n) is 6.99. The molecule has 4 bridgehead atoms. The number of aromatic nitrogens is 1. The van der Waals surface area contributed by atoms with Gasteiger partial charge in [0.2, 0.25) is 0 Å². The van der Waals surface area contributed by atoms with Gasteiger partial charge in [0.15, 0.2) is 0 Å². The van der Waals surface area contributed by atoms with E-state index in [1.165, 1.54) is 50.6 Å². The quantitative estimate of drug-likeness (QED) is 0.826. The largest absolute Gasteiger partial charge is 0.326 e. The van der Waals surface area contributed by atoms with E-state index >= 15 is 0 Å². The highest BCUT2D eigenvalue weighted by Crippen LogP contribution is 2.66. The maximum Gasteiger partial charge on any atom is 0.0404 e. The molecular weight excluding hydrogens is 316 g/mol. The SMILES string of the molecule is NCc1ccc(CCC23CC4CC(C2)CC(c2ccccc2)(C4)C3)nc1. The third kappa shape index (κ3) is 2.79. The minimum absolute atomic E-state index is 0.460. The van der Waals surface area contributed by atoms with Gasteiger partial charge in [-0.25, -0.2) is 0 Å². The van der Waals surface area contributed by atoms with E-state index in [2.05, 4.69) is 47.4 Å². The van der Waals surface area contributed by atoms with E-state index in [1.807, 2.05) is 6.20 Å². The van der Waals surface area contributed by atoms with Crippen LogP contribution in [-0.4, -0.2) is 4.98 Å². The molecule has 4 saturated carbocycles. The second-order valence-electron chi connectivity index (χ2n) is 9.47. The maximum atomic E-state index is 5.71. The molecule has 2 nitrogen and oxygen atoms in total. The monoisotopic (exact) mass is 346 g/mol. The van der Waals surface area contributed by atoms with Crippen molar-refractivity contribution in [2.45, 2.75) is 63.3 Å². The summed E-state index contributed by atoms with van der Waals surface area (Å²) in [5.41, 5.74) is 10.7. The molecule has 6 rings (SSSR count). The average molecular weight is 347 g/mol. The molecule has 26 heavy (non-hydrogen) atoms. The Morgan fingerprint density at radius 2 is 1.73 bits per heavy atom. The number of benzene rings is 1. The van der Waals surface area contributed by atoms with Gasteiger partial charge in [-0.2, -0.15) is 0 Å². The van der Waals surface area contributed by atoms with Gasteiger partial charge < -0.3 is 5.73 Å². The number of hydrogen-bond acceptors (Lipinski definition) is 2. The van der Waals surface area contributed by atoms with Gasteiger partial charge in [-0.15, -0.1) is 0 Å². The van der Waals surface area contributed by atoms with Gasteiger partial charge >= 0.3 is 0 Å².